The van der Waals surface area contributed by atoms with Gasteiger partial charge >= 0.3 is 6.18 Å². The Morgan fingerprint density at radius 2 is 1.82 bits per heavy atom. The maximum absolute atomic E-state index is 12.0. The van der Waals surface area contributed by atoms with Gasteiger partial charge in [0.15, 0.2) is 0 Å². The Morgan fingerprint density at radius 1 is 1.24 bits per heavy atom. The molecule has 0 heterocycles. The molecule has 0 aromatic carbocycles. The fraction of sp³-hybridized carbons (Fsp3) is 1.00. The Labute approximate surface area is 101 Å². The average Bonchev–Trinajstić information content (AvgIpc) is 2.21. The molecular formula is C11H23F3N2O. The predicted molar refractivity (Wildman–Crippen MR) is 62.0 cm³/mol. The number of unbranched alkanes of at least 4 members (excludes halogenated alkanes) is 1. The van der Waals surface area contributed by atoms with Crippen molar-refractivity contribution < 1.29 is 18.3 Å². The van der Waals surface area contributed by atoms with Crippen LogP contribution >= 0.6 is 0 Å². The lowest BCUT2D eigenvalue weighted by atomic mass is 9.96. The van der Waals surface area contributed by atoms with Crippen LogP contribution in [-0.4, -0.2) is 55.5 Å². The summed E-state index contributed by atoms with van der Waals surface area (Å²) >= 11 is 0. The van der Waals surface area contributed by atoms with Gasteiger partial charge in [0.2, 0.25) is 0 Å². The minimum atomic E-state index is -4.13. The molecular weight excluding hydrogens is 233 g/mol. The molecule has 0 aromatic rings. The summed E-state index contributed by atoms with van der Waals surface area (Å²) in [5, 5.41) is 12.1. The van der Waals surface area contributed by atoms with Crippen LogP contribution in [0.25, 0.3) is 0 Å². The van der Waals surface area contributed by atoms with Gasteiger partial charge in [0.05, 0.1) is 13.2 Å². The number of halogens is 3. The zero-order valence-corrected chi connectivity index (χ0v) is 10.8. The first-order valence-corrected chi connectivity index (χ1v) is 5.77. The topological polar surface area (TPSA) is 35.5 Å². The van der Waals surface area contributed by atoms with Crippen LogP contribution in [0.15, 0.2) is 0 Å². The van der Waals surface area contributed by atoms with Crippen LogP contribution in [-0.2, 0) is 0 Å². The second kappa shape index (κ2) is 7.18. The third kappa shape index (κ3) is 8.40. The number of hydrogen-bond donors (Lipinski definition) is 2. The molecule has 17 heavy (non-hydrogen) atoms. The molecule has 0 aromatic heterocycles. The molecule has 0 rings (SSSR count). The summed E-state index contributed by atoms with van der Waals surface area (Å²) in [6, 6.07) is 0. The number of alkyl halides is 3. The highest BCUT2D eigenvalue weighted by Crippen LogP contribution is 2.17. The van der Waals surface area contributed by atoms with Crippen molar-refractivity contribution in [3.05, 3.63) is 0 Å². The highest BCUT2D eigenvalue weighted by molar-refractivity contribution is 4.80. The van der Waals surface area contributed by atoms with Gasteiger partial charge in [-0.1, -0.05) is 6.42 Å². The molecule has 0 saturated carbocycles. The van der Waals surface area contributed by atoms with E-state index in [4.69, 9.17) is 5.11 Å². The lowest BCUT2D eigenvalue weighted by Crippen LogP contribution is -2.43. The zero-order chi connectivity index (χ0) is 13.5. The van der Waals surface area contributed by atoms with Crippen molar-refractivity contribution >= 4 is 0 Å². The smallest absolute Gasteiger partial charge is 0.394 e. The van der Waals surface area contributed by atoms with E-state index in [0.717, 1.165) is 12.8 Å². The number of aliphatic hydroxyl groups is 1. The molecule has 3 nitrogen and oxygen atoms in total. The van der Waals surface area contributed by atoms with Crippen LogP contribution in [0.4, 0.5) is 13.2 Å². The van der Waals surface area contributed by atoms with Crippen LogP contribution in [0, 0.1) is 0 Å². The molecule has 0 aliphatic carbocycles. The van der Waals surface area contributed by atoms with Gasteiger partial charge in [-0.05, 0) is 40.4 Å². The van der Waals surface area contributed by atoms with Crippen LogP contribution in [0.1, 0.15) is 26.2 Å². The van der Waals surface area contributed by atoms with E-state index in [1.165, 1.54) is 11.9 Å². The van der Waals surface area contributed by atoms with E-state index in [-0.39, 0.29) is 12.1 Å². The van der Waals surface area contributed by atoms with Crippen molar-refractivity contribution in [3.8, 4) is 0 Å². The van der Waals surface area contributed by atoms with Gasteiger partial charge in [-0.2, -0.15) is 13.2 Å². The first-order valence-electron chi connectivity index (χ1n) is 5.77. The minimum absolute atomic E-state index is 0.0297. The van der Waals surface area contributed by atoms with E-state index < -0.39 is 12.7 Å². The molecule has 0 aliphatic heterocycles. The Morgan fingerprint density at radius 3 is 2.24 bits per heavy atom. The van der Waals surface area contributed by atoms with Gasteiger partial charge in [0.25, 0.3) is 0 Å². The molecule has 6 heteroatoms. The Bertz CT molecular complexity index is 205. The van der Waals surface area contributed by atoms with Gasteiger partial charge < -0.3 is 10.4 Å². The zero-order valence-electron chi connectivity index (χ0n) is 10.8. The number of rotatable bonds is 8. The van der Waals surface area contributed by atoms with Gasteiger partial charge in [-0.15, -0.1) is 0 Å². The normalized spacial score (nSPS) is 16.2. The highest BCUT2D eigenvalue weighted by Gasteiger charge is 2.28. The standard InChI is InChI=1S/C11H23F3N2O/c1-10(9-17,15-2)6-4-5-7-16(3)8-11(12,13)14/h15,17H,4-9H2,1-3H3. The number of likely N-dealkylation sites (N-methyl/N-ethyl adjacent to an activating group) is 1. The number of hydrogen-bond acceptors (Lipinski definition) is 3. The van der Waals surface area contributed by atoms with E-state index in [2.05, 4.69) is 5.32 Å². The summed E-state index contributed by atoms with van der Waals surface area (Å²) in [5.41, 5.74) is -0.331. The molecule has 1 unspecified atom stereocenters. The van der Waals surface area contributed by atoms with Gasteiger partial charge in [0, 0.05) is 5.54 Å². The van der Waals surface area contributed by atoms with Crippen molar-refractivity contribution in [2.24, 2.45) is 0 Å². The third-order valence-electron chi connectivity index (χ3n) is 2.92. The quantitative estimate of drug-likeness (QED) is 0.648. The molecule has 1 atom stereocenters. The summed E-state index contributed by atoms with van der Waals surface area (Å²) < 4.78 is 36.1. The van der Waals surface area contributed by atoms with Gasteiger partial charge in [-0.25, -0.2) is 0 Å². The predicted octanol–water partition coefficient (Wildman–Crippen LogP) is 1.62. The molecule has 0 radical (unpaired) electrons. The minimum Gasteiger partial charge on any atom is -0.394 e. The first-order chi connectivity index (χ1) is 7.72. The van der Waals surface area contributed by atoms with E-state index in [1.54, 1.807) is 7.05 Å². The summed E-state index contributed by atoms with van der Waals surface area (Å²) in [6.07, 6.45) is -1.89. The third-order valence-corrected chi connectivity index (χ3v) is 2.92. The van der Waals surface area contributed by atoms with Crippen molar-refractivity contribution in [1.82, 2.24) is 10.2 Å². The number of aliphatic hydroxyl groups excluding tert-OH is 1. The van der Waals surface area contributed by atoms with Crippen LogP contribution < -0.4 is 5.32 Å². The molecule has 0 saturated heterocycles. The van der Waals surface area contributed by atoms with Gasteiger partial charge in [-0.3, -0.25) is 4.90 Å². The van der Waals surface area contributed by atoms with Crippen LogP contribution in [0.3, 0.4) is 0 Å². The molecule has 0 spiro atoms. The number of nitrogens with zero attached hydrogens (tertiary/aromatic N) is 1. The molecule has 0 amide bonds. The molecule has 2 N–H and O–H groups in total. The first kappa shape index (κ1) is 16.7. The summed E-state index contributed by atoms with van der Waals surface area (Å²) in [5.74, 6) is 0. The monoisotopic (exact) mass is 256 g/mol. The van der Waals surface area contributed by atoms with Gasteiger partial charge in [0.1, 0.15) is 0 Å². The van der Waals surface area contributed by atoms with Crippen molar-refractivity contribution in [3.63, 3.8) is 0 Å². The fourth-order valence-electron chi connectivity index (χ4n) is 1.57. The van der Waals surface area contributed by atoms with E-state index in [9.17, 15) is 13.2 Å². The van der Waals surface area contributed by atoms with E-state index in [1.807, 2.05) is 6.92 Å². The fourth-order valence-corrected chi connectivity index (χ4v) is 1.57. The summed E-state index contributed by atoms with van der Waals surface area (Å²) in [7, 11) is 3.24. The lowest BCUT2D eigenvalue weighted by molar-refractivity contribution is -0.143. The maximum atomic E-state index is 12.0. The SMILES string of the molecule is CNC(C)(CO)CCCCN(C)CC(F)(F)F. The van der Waals surface area contributed by atoms with Crippen molar-refractivity contribution in [2.45, 2.75) is 37.9 Å². The van der Waals surface area contributed by atoms with Crippen LogP contribution in [0.5, 0.6) is 0 Å². The second-order valence-electron chi connectivity index (χ2n) is 4.78. The summed E-state index contributed by atoms with van der Waals surface area (Å²) in [4.78, 5) is 1.27. The second-order valence-corrected chi connectivity index (χ2v) is 4.78. The van der Waals surface area contributed by atoms with E-state index in [0.29, 0.717) is 13.0 Å². The number of nitrogens with one attached hydrogen (secondary N) is 1. The van der Waals surface area contributed by atoms with Crippen molar-refractivity contribution in [2.75, 3.05) is 33.8 Å². The summed E-state index contributed by atoms with van der Waals surface area (Å²) in [6.45, 7) is 1.48. The highest BCUT2D eigenvalue weighted by atomic mass is 19.4. The Kier molecular flexibility index (Phi) is 7.04. The van der Waals surface area contributed by atoms with Crippen molar-refractivity contribution in [1.29, 1.82) is 0 Å². The Balaban J connectivity index is 3.71. The molecule has 0 aliphatic rings. The average molecular weight is 256 g/mol. The Hall–Kier alpha value is -0.330. The maximum Gasteiger partial charge on any atom is 0.401 e. The molecule has 104 valence electrons. The molecule has 0 bridgehead atoms. The lowest BCUT2D eigenvalue weighted by Gasteiger charge is -2.27. The van der Waals surface area contributed by atoms with E-state index >= 15 is 0 Å². The molecule has 0 fully saturated rings. The van der Waals surface area contributed by atoms with Crippen LogP contribution in [0.2, 0.25) is 0 Å². The largest absolute Gasteiger partial charge is 0.401 e.